The average Bonchev–Trinajstić information content (AvgIpc) is 3.10. The summed E-state index contributed by atoms with van der Waals surface area (Å²) < 4.78 is 11.2. The third kappa shape index (κ3) is 3.55. The minimum atomic E-state index is -0.0825. The van der Waals surface area contributed by atoms with Crippen molar-refractivity contribution in [2.45, 2.75) is 18.9 Å². The fourth-order valence-electron chi connectivity index (χ4n) is 2.97. The van der Waals surface area contributed by atoms with E-state index in [1.165, 1.54) is 6.26 Å². The van der Waals surface area contributed by atoms with Gasteiger partial charge in [-0.1, -0.05) is 36.4 Å². The van der Waals surface area contributed by atoms with E-state index in [9.17, 15) is 4.79 Å². The Morgan fingerprint density at radius 2 is 1.92 bits per heavy atom. The van der Waals surface area contributed by atoms with Crippen molar-refractivity contribution in [3.63, 3.8) is 0 Å². The van der Waals surface area contributed by atoms with Gasteiger partial charge < -0.3 is 14.5 Å². The van der Waals surface area contributed by atoms with Crippen LogP contribution in [-0.2, 0) is 17.6 Å². The normalized spacial score (nSPS) is 15.9. The Morgan fingerprint density at radius 1 is 1.12 bits per heavy atom. The van der Waals surface area contributed by atoms with E-state index in [0.29, 0.717) is 18.2 Å². The van der Waals surface area contributed by atoms with Crippen LogP contribution in [0, 0.1) is 0 Å². The number of carbonyl (C=O) groups excluding carboxylic acids is 1. The number of hydrogen-bond donors (Lipinski definition) is 1. The highest BCUT2D eigenvalue weighted by Crippen LogP contribution is 2.24. The summed E-state index contributed by atoms with van der Waals surface area (Å²) in [4.78, 5) is 16.7. The number of ether oxygens (including phenoxy) is 1. The number of nitrogens with zero attached hydrogens (tertiary/aromatic N) is 1. The third-order valence-corrected chi connectivity index (χ3v) is 4.16. The Balaban J connectivity index is 1.36. The van der Waals surface area contributed by atoms with Crippen molar-refractivity contribution >= 4 is 5.91 Å². The Kier molecular flexibility index (Phi) is 4.21. The molecular formula is C20H18N2O3. The zero-order valence-electron chi connectivity index (χ0n) is 13.6. The van der Waals surface area contributed by atoms with E-state index in [4.69, 9.17) is 9.15 Å². The molecule has 0 bridgehead atoms. The number of para-hydroxylation sites is 1. The van der Waals surface area contributed by atoms with Gasteiger partial charge in [0.1, 0.15) is 18.6 Å². The molecule has 1 amide bonds. The molecule has 1 aliphatic rings. The van der Waals surface area contributed by atoms with E-state index >= 15 is 0 Å². The summed E-state index contributed by atoms with van der Waals surface area (Å²) >= 11 is 0. The molecule has 4 rings (SSSR count). The monoisotopic (exact) mass is 334 g/mol. The quantitative estimate of drug-likeness (QED) is 0.796. The van der Waals surface area contributed by atoms with Gasteiger partial charge in [-0.3, -0.25) is 4.79 Å². The molecule has 126 valence electrons. The Labute approximate surface area is 145 Å². The van der Waals surface area contributed by atoms with Gasteiger partial charge in [-0.15, -0.1) is 0 Å². The fourth-order valence-corrected chi connectivity index (χ4v) is 2.97. The minimum Gasteiger partial charge on any atom is -0.491 e. The topological polar surface area (TPSA) is 64.4 Å². The maximum absolute atomic E-state index is 12.3. The largest absolute Gasteiger partial charge is 0.491 e. The molecule has 0 spiro atoms. The zero-order chi connectivity index (χ0) is 17.1. The van der Waals surface area contributed by atoms with E-state index in [-0.39, 0.29) is 18.4 Å². The van der Waals surface area contributed by atoms with Crippen LogP contribution in [0.15, 0.2) is 65.3 Å². The van der Waals surface area contributed by atoms with Crippen LogP contribution in [0.5, 0.6) is 5.75 Å². The highest BCUT2D eigenvalue weighted by atomic mass is 16.5. The standard InChI is InChI=1S/C20H18N2O3/c23-19(21-16-10-15-8-4-5-9-18(15)24-12-16)11-17-13-25-20(22-17)14-6-2-1-3-7-14/h1-9,13,16H,10-12H2,(H,21,23)/t16-/m1/s1. The zero-order valence-corrected chi connectivity index (χ0v) is 13.6. The van der Waals surface area contributed by atoms with Crippen molar-refractivity contribution in [1.82, 2.24) is 10.3 Å². The van der Waals surface area contributed by atoms with Gasteiger partial charge in [0.2, 0.25) is 11.8 Å². The Bertz CT molecular complexity index is 873. The van der Waals surface area contributed by atoms with Crippen molar-refractivity contribution < 1.29 is 13.9 Å². The number of oxazole rings is 1. The fraction of sp³-hybridized carbons (Fsp3) is 0.200. The Morgan fingerprint density at radius 3 is 2.80 bits per heavy atom. The number of rotatable bonds is 4. The number of amides is 1. The Hall–Kier alpha value is -3.08. The highest BCUT2D eigenvalue weighted by Gasteiger charge is 2.21. The van der Waals surface area contributed by atoms with Crippen LogP contribution in [0.1, 0.15) is 11.3 Å². The van der Waals surface area contributed by atoms with Gasteiger partial charge in [0, 0.05) is 5.56 Å². The van der Waals surface area contributed by atoms with Gasteiger partial charge in [0.25, 0.3) is 0 Å². The molecule has 0 fully saturated rings. The minimum absolute atomic E-state index is 0.0251. The van der Waals surface area contributed by atoms with Gasteiger partial charge >= 0.3 is 0 Å². The number of hydrogen-bond acceptors (Lipinski definition) is 4. The maximum Gasteiger partial charge on any atom is 0.226 e. The molecule has 0 aliphatic carbocycles. The van der Waals surface area contributed by atoms with E-state index in [0.717, 1.165) is 23.3 Å². The lowest BCUT2D eigenvalue weighted by molar-refractivity contribution is -0.121. The van der Waals surface area contributed by atoms with E-state index < -0.39 is 0 Å². The van der Waals surface area contributed by atoms with Crippen LogP contribution in [0.4, 0.5) is 0 Å². The van der Waals surface area contributed by atoms with E-state index in [1.54, 1.807) is 0 Å². The van der Waals surface area contributed by atoms with Crippen molar-refractivity contribution in [3.05, 3.63) is 72.1 Å². The lowest BCUT2D eigenvalue weighted by Crippen LogP contribution is -2.43. The molecule has 5 heteroatoms. The van der Waals surface area contributed by atoms with Crippen LogP contribution in [0.2, 0.25) is 0 Å². The average molecular weight is 334 g/mol. The predicted octanol–water partition coefficient (Wildman–Crippen LogP) is 3.00. The lowest BCUT2D eigenvalue weighted by Gasteiger charge is -2.25. The summed E-state index contributed by atoms with van der Waals surface area (Å²) in [7, 11) is 0. The number of benzene rings is 2. The summed E-state index contributed by atoms with van der Waals surface area (Å²) in [6.07, 6.45) is 2.50. The molecule has 3 aromatic rings. The summed E-state index contributed by atoms with van der Waals surface area (Å²) in [6.45, 7) is 0.483. The molecule has 25 heavy (non-hydrogen) atoms. The molecule has 0 saturated heterocycles. The van der Waals surface area contributed by atoms with Gasteiger partial charge in [0.05, 0.1) is 18.2 Å². The van der Waals surface area contributed by atoms with Crippen LogP contribution in [0.25, 0.3) is 11.5 Å². The van der Waals surface area contributed by atoms with Gasteiger partial charge in [-0.25, -0.2) is 4.98 Å². The molecule has 0 radical (unpaired) electrons. The van der Waals surface area contributed by atoms with Crippen molar-refractivity contribution in [1.29, 1.82) is 0 Å². The highest BCUT2D eigenvalue weighted by molar-refractivity contribution is 5.78. The molecule has 0 unspecified atom stereocenters. The summed E-state index contributed by atoms with van der Waals surface area (Å²) in [5.74, 6) is 1.34. The predicted molar refractivity (Wildman–Crippen MR) is 93.2 cm³/mol. The van der Waals surface area contributed by atoms with E-state index in [1.807, 2.05) is 54.6 Å². The van der Waals surface area contributed by atoms with Gasteiger partial charge in [-0.05, 0) is 30.2 Å². The first-order valence-corrected chi connectivity index (χ1v) is 8.28. The number of carbonyl (C=O) groups is 1. The van der Waals surface area contributed by atoms with Crippen molar-refractivity contribution in [2.75, 3.05) is 6.61 Å². The van der Waals surface area contributed by atoms with Gasteiger partial charge in [-0.2, -0.15) is 0 Å². The molecule has 1 atom stereocenters. The molecule has 1 N–H and O–H groups in total. The second-order valence-electron chi connectivity index (χ2n) is 6.07. The van der Waals surface area contributed by atoms with Crippen LogP contribution in [0.3, 0.4) is 0 Å². The third-order valence-electron chi connectivity index (χ3n) is 4.16. The van der Waals surface area contributed by atoms with Crippen molar-refractivity contribution in [2.24, 2.45) is 0 Å². The first-order valence-electron chi connectivity index (χ1n) is 8.28. The lowest BCUT2D eigenvalue weighted by atomic mass is 10.0. The summed E-state index contributed by atoms with van der Waals surface area (Å²) in [6, 6.07) is 17.5. The maximum atomic E-state index is 12.3. The second kappa shape index (κ2) is 6.81. The number of aromatic nitrogens is 1. The first kappa shape index (κ1) is 15.4. The molecule has 0 saturated carbocycles. The van der Waals surface area contributed by atoms with Crippen LogP contribution >= 0.6 is 0 Å². The number of fused-ring (bicyclic) bond motifs is 1. The molecule has 2 heterocycles. The molecule has 2 aromatic carbocycles. The summed E-state index contributed by atoms with van der Waals surface area (Å²) in [5, 5.41) is 3.01. The van der Waals surface area contributed by atoms with Crippen LogP contribution in [-0.4, -0.2) is 23.5 Å². The van der Waals surface area contributed by atoms with Crippen molar-refractivity contribution in [3.8, 4) is 17.2 Å². The molecular weight excluding hydrogens is 316 g/mol. The molecule has 1 aromatic heterocycles. The molecule has 1 aliphatic heterocycles. The number of nitrogens with one attached hydrogen (secondary N) is 1. The summed E-state index contributed by atoms with van der Waals surface area (Å²) in [5.41, 5.74) is 2.63. The smallest absolute Gasteiger partial charge is 0.226 e. The first-order chi connectivity index (χ1) is 12.3. The second-order valence-corrected chi connectivity index (χ2v) is 6.07. The van der Waals surface area contributed by atoms with Crippen LogP contribution < -0.4 is 10.1 Å². The SMILES string of the molecule is O=C(Cc1coc(-c2ccccc2)n1)N[C@H]1COc2ccccc2C1. The molecule has 5 nitrogen and oxygen atoms in total. The van der Waals surface area contributed by atoms with Gasteiger partial charge in [0.15, 0.2) is 0 Å². The van der Waals surface area contributed by atoms with E-state index in [2.05, 4.69) is 10.3 Å².